The van der Waals surface area contributed by atoms with Gasteiger partial charge in [0.05, 0.1) is 32.8 Å². The van der Waals surface area contributed by atoms with E-state index in [1.165, 1.54) is 0 Å². The first-order valence-corrected chi connectivity index (χ1v) is 16.7. The number of hydrogen-bond donors (Lipinski definition) is 0. The zero-order valence-corrected chi connectivity index (χ0v) is 27.9. The molecule has 4 heterocycles. The number of aryl methyl sites for hydroxylation is 2. The standard InChI is InChI=1S/C38H16Cl4N4O2/c1-13-3-5-23-25(7-13)45-35(43-23)15-9-19(39)29-32-22(42)12-18-28-16(36-44-24-6-4-14(2)8-26(24)46(36)38(18)48)10-20(40)30(34(28)32)31-21(41)11-17(37(45)47)27(15)33(29)31/h3-12H,1-2H3. The molecule has 0 saturated heterocycles. The lowest BCUT2D eigenvalue weighted by Crippen LogP contribution is -2.14. The minimum atomic E-state index is -0.236. The molecule has 0 atom stereocenters. The van der Waals surface area contributed by atoms with Crippen molar-refractivity contribution >= 4 is 144 Å². The van der Waals surface area contributed by atoms with Gasteiger partial charge in [-0.1, -0.05) is 58.5 Å². The normalized spacial score (nSPS) is 13.0. The Bertz CT molecular complexity index is 3210. The summed E-state index contributed by atoms with van der Waals surface area (Å²) >= 11 is 29.0. The van der Waals surface area contributed by atoms with Crippen molar-refractivity contribution in [2.24, 2.45) is 0 Å². The van der Waals surface area contributed by atoms with Crippen LogP contribution in [0.3, 0.4) is 0 Å². The molecule has 10 heteroatoms. The van der Waals surface area contributed by atoms with E-state index in [0.29, 0.717) is 118 Å². The van der Waals surface area contributed by atoms with Crippen LogP contribution in [0, 0.1) is 13.8 Å². The van der Waals surface area contributed by atoms with Crippen molar-refractivity contribution in [1.29, 1.82) is 0 Å². The summed E-state index contributed by atoms with van der Waals surface area (Å²) in [6.45, 7) is 3.95. The maximum absolute atomic E-state index is 14.3. The third kappa shape index (κ3) is 3.01. The van der Waals surface area contributed by atoms with E-state index in [0.717, 1.165) is 11.1 Å². The van der Waals surface area contributed by atoms with Crippen LogP contribution in [0.25, 0.3) is 98.0 Å². The molecule has 0 bridgehead atoms. The van der Waals surface area contributed by atoms with E-state index in [-0.39, 0.29) is 11.1 Å². The maximum Gasteiger partial charge on any atom is 0.264 e. The van der Waals surface area contributed by atoms with Crippen LogP contribution in [0.5, 0.6) is 0 Å². The molecule has 11 aromatic rings. The highest BCUT2D eigenvalue weighted by molar-refractivity contribution is 6.56. The molecule has 48 heavy (non-hydrogen) atoms. The molecule has 0 radical (unpaired) electrons. The summed E-state index contributed by atoms with van der Waals surface area (Å²) in [5.74, 6) is 0. The summed E-state index contributed by atoms with van der Waals surface area (Å²) < 4.78 is 3.27. The van der Waals surface area contributed by atoms with E-state index >= 15 is 0 Å². The lowest BCUT2D eigenvalue weighted by molar-refractivity contribution is 1.19. The van der Waals surface area contributed by atoms with Gasteiger partial charge in [-0.25, -0.2) is 9.97 Å². The first-order valence-electron chi connectivity index (χ1n) is 15.2. The molecular weight excluding hydrogens is 686 g/mol. The molecule has 0 fully saturated rings. The molecule has 0 saturated carbocycles. The summed E-state index contributed by atoms with van der Waals surface area (Å²) in [6, 6.07) is 18.8. The Morgan fingerprint density at radius 1 is 0.458 bits per heavy atom. The Hall–Kier alpha value is -4.72. The van der Waals surface area contributed by atoms with Crippen LogP contribution in [-0.2, 0) is 0 Å². The molecule has 0 spiro atoms. The SMILES string of the molecule is Cc1ccc2nc3c4cc(Cl)c5c6c(Cl)cc7c(=O)n8c9cc(C)ccc9nc8c8cc(Cl)c(c9c(Cl)cc(c(=O)n3c2c1)c4c95)c6c78. The molecule has 6 nitrogen and oxygen atoms in total. The van der Waals surface area contributed by atoms with Crippen LogP contribution in [-0.4, -0.2) is 18.8 Å². The van der Waals surface area contributed by atoms with Gasteiger partial charge in [-0.3, -0.25) is 18.4 Å². The molecule has 0 aliphatic carbocycles. The highest BCUT2D eigenvalue weighted by Gasteiger charge is 2.29. The quantitative estimate of drug-likeness (QED) is 0.117. The average molecular weight is 702 g/mol. The molecule has 7 aromatic carbocycles. The van der Waals surface area contributed by atoms with Crippen molar-refractivity contribution in [2.75, 3.05) is 0 Å². The smallest absolute Gasteiger partial charge is 0.264 e. The summed E-state index contributed by atoms with van der Waals surface area (Å²) in [6.07, 6.45) is 0. The number of halogens is 4. The van der Waals surface area contributed by atoms with Crippen LogP contribution in [0.15, 0.2) is 70.3 Å². The van der Waals surface area contributed by atoms with Crippen molar-refractivity contribution < 1.29 is 0 Å². The molecule has 228 valence electrons. The number of aromatic nitrogens is 4. The monoisotopic (exact) mass is 700 g/mol. The summed E-state index contributed by atoms with van der Waals surface area (Å²) in [7, 11) is 0. The Morgan fingerprint density at radius 2 is 0.812 bits per heavy atom. The fraction of sp³-hybridized carbons (Fsp3) is 0.0526. The van der Waals surface area contributed by atoms with Crippen LogP contribution < -0.4 is 11.1 Å². The van der Waals surface area contributed by atoms with E-state index in [9.17, 15) is 9.59 Å². The van der Waals surface area contributed by atoms with Gasteiger partial charge in [0, 0.05) is 74.0 Å². The minimum Gasteiger partial charge on any atom is -0.268 e. The van der Waals surface area contributed by atoms with Crippen molar-refractivity contribution in [3.05, 3.63) is 113 Å². The van der Waals surface area contributed by atoms with Gasteiger partial charge in [-0.15, -0.1) is 0 Å². The van der Waals surface area contributed by atoms with Gasteiger partial charge in [0.15, 0.2) is 0 Å². The maximum atomic E-state index is 14.3. The van der Waals surface area contributed by atoms with Gasteiger partial charge in [0.1, 0.15) is 11.3 Å². The number of benzene rings is 7. The van der Waals surface area contributed by atoms with Crippen LogP contribution in [0.1, 0.15) is 11.1 Å². The van der Waals surface area contributed by atoms with Crippen LogP contribution >= 0.6 is 46.4 Å². The molecule has 0 amide bonds. The third-order valence-corrected chi connectivity index (χ3v) is 11.3. The van der Waals surface area contributed by atoms with E-state index in [2.05, 4.69) is 0 Å². The number of fused-ring (bicyclic) bond motifs is 10. The summed E-state index contributed by atoms with van der Waals surface area (Å²) in [4.78, 5) is 38.5. The first kappa shape index (κ1) is 27.3. The van der Waals surface area contributed by atoms with Gasteiger partial charge in [-0.05, 0) is 73.5 Å². The average Bonchev–Trinajstić information content (AvgIpc) is 3.62. The van der Waals surface area contributed by atoms with E-state index in [1.807, 2.05) is 62.4 Å². The van der Waals surface area contributed by atoms with Gasteiger partial charge in [0.25, 0.3) is 11.1 Å². The second-order valence-corrected chi connectivity index (χ2v) is 14.4. The number of imidazole rings is 2. The van der Waals surface area contributed by atoms with Crippen molar-refractivity contribution in [3.63, 3.8) is 0 Å². The Kier molecular flexibility index (Phi) is 4.91. The third-order valence-electron chi connectivity index (χ3n) is 10.1. The van der Waals surface area contributed by atoms with Crippen molar-refractivity contribution in [1.82, 2.24) is 18.8 Å². The summed E-state index contributed by atoms with van der Waals surface area (Å²) in [5.41, 5.74) is 5.37. The molecule has 11 rings (SSSR count). The lowest BCUT2D eigenvalue weighted by Gasteiger charge is -2.21. The fourth-order valence-corrected chi connectivity index (χ4v) is 9.38. The predicted octanol–water partition coefficient (Wildman–Crippen LogP) is 10.5. The lowest BCUT2D eigenvalue weighted by atomic mass is 9.86. The second kappa shape index (κ2) is 8.65. The molecular formula is C38H16Cl4N4O2. The highest BCUT2D eigenvalue weighted by atomic mass is 35.5. The Balaban J connectivity index is 1.46. The number of hydrogen-bond acceptors (Lipinski definition) is 4. The van der Waals surface area contributed by atoms with Crippen LogP contribution in [0.4, 0.5) is 0 Å². The minimum absolute atomic E-state index is 0.236. The zero-order valence-electron chi connectivity index (χ0n) is 24.9. The van der Waals surface area contributed by atoms with Gasteiger partial charge in [0.2, 0.25) is 0 Å². The van der Waals surface area contributed by atoms with E-state index < -0.39 is 0 Å². The van der Waals surface area contributed by atoms with Crippen molar-refractivity contribution in [2.45, 2.75) is 13.8 Å². The first-order chi connectivity index (χ1) is 23.1. The molecule has 0 aliphatic heterocycles. The number of nitrogens with zero attached hydrogens (tertiary/aromatic N) is 4. The molecule has 0 unspecified atom stereocenters. The van der Waals surface area contributed by atoms with Gasteiger partial charge >= 0.3 is 0 Å². The number of pyridine rings is 2. The van der Waals surface area contributed by atoms with E-state index in [1.54, 1.807) is 20.9 Å². The predicted molar refractivity (Wildman–Crippen MR) is 200 cm³/mol. The summed E-state index contributed by atoms with van der Waals surface area (Å²) in [5, 5.41) is 8.97. The molecule has 0 aliphatic rings. The highest BCUT2D eigenvalue weighted by Crippen LogP contribution is 2.53. The van der Waals surface area contributed by atoms with E-state index in [4.69, 9.17) is 56.4 Å². The second-order valence-electron chi connectivity index (χ2n) is 12.8. The fourth-order valence-electron chi connectivity index (χ4n) is 8.19. The molecule has 0 N–H and O–H groups in total. The zero-order chi connectivity index (χ0) is 32.7. The Morgan fingerprint density at radius 3 is 1.19 bits per heavy atom. The van der Waals surface area contributed by atoms with Crippen molar-refractivity contribution in [3.8, 4) is 0 Å². The largest absolute Gasteiger partial charge is 0.268 e. The number of rotatable bonds is 0. The topological polar surface area (TPSA) is 68.7 Å². The van der Waals surface area contributed by atoms with Gasteiger partial charge in [-0.2, -0.15) is 0 Å². The van der Waals surface area contributed by atoms with Crippen LogP contribution in [0.2, 0.25) is 20.1 Å². The molecule has 4 aromatic heterocycles. The van der Waals surface area contributed by atoms with Gasteiger partial charge < -0.3 is 0 Å². The Labute approximate surface area is 288 Å².